The molecular weight excluding hydrogens is 290 g/mol. The molecule has 74 valence electrons. The normalized spacial score (nSPS) is 18.2. The van der Waals surface area contributed by atoms with Crippen molar-refractivity contribution in [2.75, 3.05) is 0 Å². The third kappa shape index (κ3) is 2.23. The Morgan fingerprint density at radius 1 is 1.43 bits per heavy atom. The topological polar surface area (TPSA) is 55.7 Å². The van der Waals surface area contributed by atoms with E-state index in [1.807, 2.05) is 6.07 Å². The number of allylic oxidation sites excluding steroid dienone is 1. The number of sulfonamides is 1. The first-order chi connectivity index (χ1) is 6.55. The van der Waals surface area contributed by atoms with Gasteiger partial charge in [0.15, 0.2) is 10.8 Å². The molecule has 0 saturated carbocycles. The van der Waals surface area contributed by atoms with E-state index in [2.05, 4.69) is 20.3 Å². The third-order valence-electron chi connectivity index (χ3n) is 1.36. The maximum absolute atomic E-state index is 10.9. The van der Waals surface area contributed by atoms with Crippen molar-refractivity contribution in [3.05, 3.63) is 27.1 Å². The van der Waals surface area contributed by atoms with E-state index in [9.17, 15) is 8.42 Å². The Morgan fingerprint density at radius 3 is 2.71 bits per heavy atom. The van der Waals surface area contributed by atoms with Crippen LogP contribution in [0.25, 0.3) is 0 Å². The van der Waals surface area contributed by atoms with Gasteiger partial charge in [-0.05, 0) is 28.1 Å². The molecule has 14 heavy (non-hydrogen) atoms. The fourth-order valence-corrected chi connectivity index (χ4v) is 2.78. The fourth-order valence-electron chi connectivity index (χ4n) is 0.852. The van der Waals surface area contributed by atoms with Gasteiger partial charge in [0, 0.05) is 0 Å². The van der Waals surface area contributed by atoms with E-state index >= 15 is 0 Å². The standard InChI is InChI=1S/C7H4BrNO3S2/c8-6-1-2-7(13-6)12-5-3-9-14(10,11)4-5/h1-4H. The van der Waals surface area contributed by atoms with Gasteiger partial charge >= 0.3 is 0 Å². The quantitative estimate of drug-likeness (QED) is 0.839. The first kappa shape index (κ1) is 9.88. The Labute approximate surface area is 93.1 Å². The number of nitrogens with zero attached hydrogens (tertiary/aromatic N) is 1. The van der Waals surface area contributed by atoms with E-state index in [0.717, 1.165) is 9.19 Å². The Kier molecular flexibility index (Phi) is 2.46. The van der Waals surface area contributed by atoms with Crippen LogP contribution in [-0.4, -0.2) is 14.6 Å². The molecule has 2 heterocycles. The van der Waals surface area contributed by atoms with Gasteiger partial charge in [0.1, 0.15) is 0 Å². The summed E-state index contributed by atoms with van der Waals surface area (Å²) in [6, 6.07) is 3.57. The van der Waals surface area contributed by atoms with Gasteiger partial charge in [-0.2, -0.15) is 12.8 Å². The second-order valence-corrected chi connectivity index (χ2v) is 6.33. The molecule has 0 spiro atoms. The maximum atomic E-state index is 10.9. The Bertz CT molecular complexity index is 515. The molecule has 0 fully saturated rings. The van der Waals surface area contributed by atoms with Gasteiger partial charge in [-0.1, -0.05) is 11.3 Å². The van der Waals surface area contributed by atoms with Crippen LogP contribution < -0.4 is 4.74 Å². The second-order valence-electron chi connectivity index (χ2n) is 2.43. The van der Waals surface area contributed by atoms with Crippen LogP contribution >= 0.6 is 27.3 Å². The highest BCUT2D eigenvalue weighted by Crippen LogP contribution is 2.30. The molecule has 0 amide bonds. The first-order valence-corrected chi connectivity index (χ1v) is 6.62. The fraction of sp³-hybridized carbons (Fsp3) is 0. The van der Waals surface area contributed by atoms with E-state index in [1.165, 1.54) is 17.6 Å². The molecule has 1 aromatic heterocycles. The predicted octanol–water partition coefficient (Wildman–Crippen LogP) is 2.15. The molecule has 0 saturated heterocycles. The van der Waals surface area contributed by atoms with Gasteiger partial charge in [0.05, 0.1) is 15.4 Å². The van der Waals surface area contributed by atoms with Crippen LogP contribution in [0, 0.1) is 0 Å². The number of hydrogen-bond acceptors (Lipinski definition) is 4. The zero-order valence-electron chi connectivity index (χ0n) is 6.68. The van der Waals surface area contributed by atoms with Crippen LogP contribution in [0.2, 0.25) is 0 Å². The van der Waals surface area contributed by atoms with Crippen LogP contribution in [0.1, 0.15) is 0 Å². The average molecular weight is 294 g/mol. The highest BCUT2D eigenvalue weighted by molar-refractivity contribution is 9.11. The number of halogens is 1. The van der Waals surface area contributed by atoms with E-state index in [0.29, 0.717) is 5.06 Å². The molecule has 1 aliphatic rings. The molecular formula is C7H4BrNO3S2. The molecule has 0 bridgehead atoms. The largest absolute Gasteiger partial charge is 0.444 e. The first-order valence-electron chi connectivity index (χ1n) is 3.50. The van der Waals surface area contributed by atoms with Gasteiger partial charge in [0.2, 0.25) is 0 Å². The molecule has 0 aromatic carbocycles. The summed E-state index contributed by atoms with van der Waals surface area (Å²) in [6.45, 7) is 0. The summed E-state index contributed by atoms with van der Waals surface area (Å²) < 4.78 is 31.2. The van der Waals surface area contributed by atoms with Crippen molar-refractivity contribution in [3.63, 3.8) is 0 Å². The molecule has 0 unspecified atom stereocenters. The molecule has 0 atom stereocenters. The molecule has 1 aromatic rings. The Balaban J connectivity index is 2.18. The molecule has 7 heteroatoms. The van der Waals surface area contributed by atoms with Crippen molar-refractivity contribution >= 4 is 43.5 Å². The lowest BCUT2D eigenvalue weighted by Gasteiger charge is -1.96. The lowest BCUT2D eigenvalue weighted by Crippen LogP contribution is -1.91. The van der Waals surface area contributed by atoms with Crippen molar-refractivity contribution in [2.45, 2.75) is 0 Å². The monoisotopic (exact) mass is 293 g/mol. The summed E-state index contributed by atoms with van der Waals surface area (Å²) in [5, 5.41) is 1.60. The van der Waals surface area contributed by atoms with E-state index in [-0.39, 0.29) is 5.76 Å². The molecule has 4 nitrogen and oxygen atoms in total. The average Bonchev–Trinajstić information content (AvgIpc) is 2.59. The van der Waals surface area contributed by atoms with E-state index in [4.69, 9.17) is 4.74 Å². The van der Waals surface area contributed by atoms with Crippen molar-refractivity contribution in [2.24, 2.45) is 4.40 Å². The summed E-state index contributed by atoms with van der Waals surface area (Å²) in [5.41, 5.74) is 0. The van der Waals surface area contributed by atoms with Crippen LogP contribution in [0.3, 0.4) is 0 Å². The number of ether oxygens (including phenoxy) is 1. The SMILES string of the molecule is O=S1(=O)C=C(Oc2ccc(Br)s2)C=N1. The third-order valence-corrected chi connectivity index (χ3v) is 3.79. The number of thiophene rings is 1. The van der Waals surface area contributed by atoms with Gasteiger partial charge in [-0.3, -0.25) is 0 Å². The minimum Gasteiger partial charge on any atom is -0.444 e. The van der Waals surface area contributed by atoms with Gasteiger partial charge in [-0.15, -0.1) is 0 Å². The lowest BCUT2D eigenvalue weighted by atomic mass is 10.6. The van der Waals surface area contributed by atoms with Crippen molar-refractivity contribution in [3.8, 4) is 5.06 Å². The Hall–Kier alpha value is -0.660. The lowest BCUT2D eigenvalue weighted by molar-refractivity contribution is 0.472. The van der Waals surface area contributed by atoms with Crippen LogP contribution in [0.15, 0.2) is 31.5 Å². The molecule has 1 aliphatic heterocycles. The predicted molar refractivity (Wildman–Crippen MR) is 58.1 cm³/mol. The molecule has 0 radical (unpaired) electrons. The summed E-state index contributed by atoms with van der Waals surface area (Å²) in [5.74, 6) is 0.236. The minimum absolute atomic E-state index is 0.236. The van der Waals surface area contributed by atoms with Gasteiger partial charge in [-0.25, -0.2) is 0 Å². The second kappa shape index (κ2) is 3.48. The number of hydrogen-bond donors (Lipinski definition) is 0. The number of rotatable bonds is 2. The van der Waals surface area contributed by atoms with Crippen LogP contribution in [0.5, 0.6) is 5.06 Å². The minimum atomic E-state index is -3.43. The van der Waals surface area contributed by atoms with Crippen LogP contribution in [-0.2, 0) is 10.0 Å². The summed E-state index contributed by atoms with van der Waals surface area (Å²) in [4.78, 5) is 0. The Morgan fingerprint density at radius 2 is 2.21 bits per heavy atom. The molecule has 0 N–H and O–H groups in total. The molecule has 0 aliphatic carbocycles. The summed E-state index contributed by atoms with van der Waals surface area (Å²) in [6.07, 6.45) is 1.18. The summed E-state index contributed by atoms with van der Waals surface area (Å²) >= 11 is 4.64. The molecule has 2 rings (SSSR count). The van der Waals surface area contributed by atoms with Crippen molar-refractivity contribution < 1.29 is 13.2 Å². The van der Waals surface area contributed by atoms with E-state index < -0.39 is 10.0 Å². The smallest absolute Gasteiger partial charge is 0.279 e. The highest BCUT2D eigenvalue weighted by Gasteiger charge is 2.14. The zero-order chi connectivity index (χ0) is 10.2. The summed E-state index contributed by atoms with van der Waals surface area (Å²) in [7, 11) is -3.43. The van der Waals surface area contributed by atoms with E-state index in [1.54, 1.807) is 6.07 Å². The highest BCUT2D eigenvalue weighted by atomic mass is 79.9. The van der Waals surface area contributed by atoms with Crippen molar-refractivity contribution in [1.29, 1.82) is 0 Å². The zero-order valence-corrected chi connectivity index (χ0v) is 9.89. The van der Waals surface area contributed by atoms with Gasteiger partial charge in [0.25, 0.3) is 10.0 Å². The van der Waals surface area contributed by atoms with Crippen LogP contribution in [0.4, 0.5) is 0 Å². The van der Waals surface area contributed by atoms with Crippen molar-refractivity contribution in [1.82, 2.24) is 0 Å². The maximum Gasteiger partial charge on any atom is 0.279 e. The van der Waals surface area contributed by atoms with Gasteiger partial charge < -0.3 is 4.74 Å².